The number of amides is 2. The summed E-state index contributed by atoms with van der Waals surface area (Å²) >= 11 is 0. The van der Waals surface area contributed by atoms with E-state index in [0.29, 0.717) is 49.3 Å². The van der Waals surface area contributed by atoms with E-state index in [0.717, 1.165) is 6.42 Å². The highest BCUT2D eigenvalue weighted by Crippen LogP contribution is 2.17. The Morgan fingerprint density at radius 1 is 0.963 bits per heavy atom. The first kappa shape index (κ1) is 17.3. The molecule has 0 atom stereocenters. The second-order valence-electron chi connectivity index (χ2n) is 6.69. The summed E-state index contributed by atoms with van der Waals surface area (Å²) < 4.78 is 5.21. The average Bonchev–Trinajstić information content (AvgIpc) is 3.20. The largest absolute Gasteiger partial charge is 0.443 e. The molecule has 1 aliphatic heterocycles. The lowest BCUT2D eigenvalue weighted by Crippen LogP contribution is -2.50. The van der Waals surface area contributed by atoms with Crippen LogP contribution in [0.2, 0.25) is 0 Å². The maximum Gasteiger partial charge on any atom is 0.254 e. The van der Waals surface area contributed by atoms with Gasteiger partial charge < -0.3 is 14.2 Å². The number of rotatable bonds is 4. The Hall–Kier alpha value is -3.15. The first-order valence-corrected chi connectivity index (χ1v) is 9.15. The van der Waals surface area contributed by atoms with Gasteiger partial charge in [0.05, 0.1) is 0 Å². The molecule has 6 nitrogen and oxygen atoms in total. The highest BCUT2D eigenvalue weighted by molar-refractivity contribution is 5.97. The predicted molar refractivity (Wildman–Crippen MR) is 101 cm³/mol. The predicted octanol–water partition coefficient (Wildman–Crippen LogP) is 2.75. The average molecular weight is 363 g/mol. The van der Waals surface area contributed by atoms with E-state index in [2.05, 4.69) is 4.98 Å². The summed E-state index contributed by atoms with van der Waals surface area (Å²) in [6.45, 7) is 2.25. The molecular weight excluding hydrogens is 342 g/mol. The fourth-order valence-electron chi connectivity index (χ4n) is 3.39. The molecule has 0 N–H and O–H groups in total. The van der Waals surface area contributed by atoms with Gasteiger partial charge in [-0.15, -0.1) is 0 Å². The first-order valence-electron chi connectivity index (χ1n) is 9.15. The molecule has 0 aliphatic carbocycles. The lowest BCUT2D eigenvalue weighted by Gasteiger charge is -2.35. The fourth-order valence-corrected chi connectivity index (χ4v) is 3.39. The summed E-state index contributed by atoms with van der Waals surface area (Å²) in [7, 11) is 0. The Bertz CT molecular complexity index is 943. The van der Waals surface area contributed by atoms with Crippen LogP contribution in [0.25, 0.3) is 11.1 Å². The van der Waals surface area contributed by atoms with Gasteiger partial charge in [0.1, 0.15) is 5.52 Å². The lowest BCUT2D eigenvalue weighted by molar-refractivity contribution is -0.132. The topological polar surface area (TPSA) is 66.7 Å². The van der Waals surface area contributed by atoms with E-state index >= 15 is 0 Å². The third-order valence-electron chi connectivity index (χ3n) is 4.97. The summed E-state index contributed by atoms with van der Waals surface area (Å²) in [6, 6.07) is 15.3. The molecule has 27 heavy (non-hydrogen) atoms. The smallest absolute Gasteiger partial charge is 0.254 e. The lowest BCUT2D eigenvalue weighted by atomic mass is 10.1. The molecule has 1 fully saturated rings. The zero-order chi connectivity index (χ0) is 18.6. The number of hydrogen-bond acceptors (Lipinski definition) is 4. The molecule has 3 aromatic rings. The van der Waals surface area contributed by atoms with Gasteiger partial charge in [0.2, 0.25) is 5.91 Å². The third-order valence-corrected chi connectivity index (χ3v) is 4.97. The number of fused-ring (bicyclic) bond motifs is 1. The summed E-state index contributed by atoms with van der Waals surface area (Å²) in [4.78, 5) is 32.9. The van der Waals surface area contributed by atoms with Crippen molar-refractivity contribution >= 4 is 22.9 Å². The monoisotopic (exact) mass is 363 g/mol. The van der Waals surface area contributed by atoms with Crippen molar-refractivity contribution < 1.29 is 14.0 Å². The number of nitrogens with zero attached hydrogens (tertiary/aromatic N) is 3. The van der Waals surface area contributed by atoms with Crippen LogP contribution < -0.4 is 0 Å². The van der Waals surface area contributed by atoms with Gasteiger partial charge in [-0.05, 0) is 30.2 Å². The van der Waals surface area contributed by atoms with Gasteiger partial charge in [-0.3, -0.25) is 9.59 Å². The molecule has 2 aromatic carbocycles. The van der Waals surface area contributed by atoms with E-state index in [9.17, 15) is 9.59 Å². The highest BCUT2D eigenvalue weighted by Gasteiger charge is 2.25. The van der Waals surface area contributed by atoms with Gasteiger partial charge in [-0.1, -0.05) is 30.3 Å². The summed E-state index contributed by atoms with van der Waals surface area (Å²) in [5.41, 5.74) is 3.11. The van der Waals surface area contributed by atoms with Crippen LogP contribution in [0.4, 0.5) is 0 Å². The number of carbonyl (C=O) groups excluding carboxylic acids is 2. The number of oxazole rings is 1. The zero-order valence-electron chi connectivity index (χ0n) is 15.0. The van der Waals surface area contributed by atoms with Crippen molar-refractivity contribution in [2.45, 2.75) is 12.8 Å². The first-order chi connectivity index (χ1) is 13.2. The Morgan fingerprint density at radius 3 is 2.48 bits per heavy atom. The van der Waals surface area contributed by atoms with E-state index in [1.807, 2.05) is 35.2 Å². The van der Waals surface area contributed by atoms with Gasteiger partial charge in [0, 0.05) is 38.2 Å². The number of benzene rings is 2. The molecule has 0 bridgehead atoms. The Morgan fingerprint density at radius 2 is 1.70 bits per heavy atom. The Labute approximate surface area is 157 Å². The SMILES string of the molecule is O=C(CCc1ccccc1)N1CCN(C(=O)c2ccc3ocnc3c2)CC1. The summed E-state index contributed by atoms with van der Waals surface area (Å²) in [5.74, 6) is 0.117. The highest BCUT2D eigenvalue weighted by atomic mass is 16.3. The molecular formula is C21H21N3O3. The minimum atomic E-state index is -0.0312. The molecule has 1 aliphatic rings. The quantitative estimate of drug-likeness (QED) is 0.715. The van der Waals surface area contributed by atoms with Gasteiger partial charge in [0.15, 0.2) is 12.0 Å². The van der Waals surface area contributed by atoms with Crippen molar-refractivity contribution in [3.8, 4) is 0 Å². The standard InChI is InChI=1S/C21H21N3O3/c25-20(9-6-16-4-2-1-3-5-16)23-10-12-24(13-11-23)21(26)17-7-8-19-18(14-17)22-15-27-19/h1-5,7-8,14-15H,6,9-13H2. The van der Waals surface area contributed by atoms with E-state index in [1.165, 1.54) is 12.0 Å². The Kier molecular flexibility index (Phi) is 4.87. The maximum absolute atomic E-state index is 12.7. The number of carbonyl (C=O) groups is 2. The second kappa shape index (κ2) is 7.61. The van der Waals surface area contributed by atoms with E-state index in [1.54, 1.807) is 23.1 Å². The van der Waals surface area contributed by atoms with Gasteiger partial charge in [-0.25, -0.2) is 4.98 Å². The van der Waals surface area contributed by atoms with Crippen molar-refractivity contribution in [3.05, 3.63) is 66.1 Å². The van der Waals surface area contributed by atoms with Crippen LogP contribution in [-0.4, -0.2) is 52.8 Å². The molecule has 138 valence electrons. The van der Waals surface area contributed by atoms with Crippen molar-refractivity contribution in [3.63, 3.8) is 0 Å². The summed E-state index contributed by atoms with van der Waals surface area (Å²) in [5, 5.41) is 0. The van der Waals surface area contributed by atoms with Crippen molar-refractivity contribution in [2.24, 2.45) is 0 Å². The molecule has 0 radical (unpaired) electrons. The van der Waals surface area contributed by atoms with E-state index < -0.39 is 0 Å². The minimum absolute atomic E-state index is 0.0312. The molecule has 6 heteroatoms. The number of hydrogen-bond donors (Lipinski definition) is 0. The molecule has 4 rings (SSSR count). The van der Waals surface area contributed by atoms with E-state index in [-0.39, 0.29) is 11.8 Å². The van der Waals surface area contributed by atoms with Crippen LogP contribution >= 0.6 is 0 Å². The van der Waals surface area contributed by atoms with Gasteiger partial charge in [0.25, 0.3) is 5.91 Å². The molecule has 2 heterocycles. The second-order valence-corrected chi connectivity index (χ2v) is 6.69. The van der Waals surface area contributed by atoms with Crippen molar-refractivity contribution in [2.75, 3.05) is 26.2 Å². The fraction of sp³-hybridized carbons (Fsp3) is 0.286. The van der Waals surface area contributed by atoms with Gasteiger partial charge >= 0.3 is 0 Å². The van der Waals surface area contributed by atoms with Crippen molar-refractivity contribution in [1.82, 2.24) is 14.8 Å². The number of piperazine rings is 1. The van der Waals surface area contributed by atoms with Crippen LogP contribution in [-0.2, 0) is 11.2 Å². The molecule has 2 amide bonds. The molecule has 0 saturated carbocycles. The molecule has 0 spiro atoms. The maximum atomic E-state index is 12.7. The zero-order valence-corrected chi connectivity index (χ0v) is 15.0. The molecule has 1 aromatic heterocycles. The van der Waals surface area contributed by atoms with Crippen LogP contribution in [0.5, 0.6) is 0 Å². The Balaban J connectivity index is 1.31. The molecule has 0 unspecified atom stereocenters. The number of aryl methyl sites for hydroxylation is 1. The van der Waals surface area contributed by atoms with E-state index in [4.69, 9.17) is 4.42 Å². The van der Waals surface area contributed by atoms with Crippen molar-refractivity contribution in [1.29, 1.82) is 0 Å². The van der Waals surface area contributed by atoms with Crippen LogP contribution in [0.3, 0.4) is 0 Å². The van der Waals surface area contributed by atoms with Gasteiger partial charge in [-0.2, -0.15) is 0 Å². The molecule has 1 saturated heterocycles. The number of aromatic nitrogens is 1. The van der Waals surface area contributed by atoms with Crippen LogP contribution in [0, 0.1) is 0 Å². The summed E-state index contributed by atoms with van der Waals surface area (Å²) in [6.07, 6.45) is 2.62. The normalized spacial score (nSPS) is 14.5. The van der Waals surface area contributed by atoms with Crippen LogP contribution in [0.15, 0.2) is 59.3 Å². The third kappa shape index (κ3) is 3.84. The minimum Gasteiger partial charge on any atom is -0.443 e. The van der Waals surface area contributed by atoms with Crippen LogP contribution in [0.1, 0.15) is 22.3 Å².